The Morgan fingerprint density at radius 2 is 2.21 bits per heavy atom. The monoisotopic (exact) mass is 332 g/mol. The first-order chi connectivity index (χ1) is 11.5. The molecule has 2 atom stereocenters. The van der Waals surface area contributed by atoms with Crippen LogP contribution in [-0.2, 0) is 4.74 Å². The number of rotatable bonds is 4. The van der Waals surface area contributed by atoms with Gasteiger partial charge < -0.3 is 14.5 Å². The Labute approximate surface area is 136 Å². The second kappa shape index (κ2) is 6.40. The highest BCUT2D eigenvalue weighted by Gasteiger charge is 2.25. The molecule has 0 radical (unpaired) electrons. The number of nitro groups is 1. The van der Waals surface area contributed by atoms with E-state index in [1.807, 2.05) is 0 Å². The summed E-state index contributed by atoms with van der Waals surface area (Å²) >= 11 is 0. The molecular formula is C16H16N2O6. The number of carbonyl (C=O) groups excluding carboxylic acids is 1. The number of hydrogen-bond acceptors (Lipinski definition) is 6. The molecule has 2 aromatic rings. The molecule has 1 aromatic heterocycles. The Morgan fingerprint density at radius 1 is 1.42 bits per heavy atom. The summed E-state index contributed by atoms with van der Waals surface area (Å²) in [6.07, 6.45) is 1.70. The van der Waals surface area contributed by atoms with Gasteiger partial charge in [0.05, 0.1) is 17.1 Å². The topological polar surface area (TPSA) is 112 Å². The average molecular weight is 332 g/mol. The van der Waals surface area contributed by atoms with Gasteiger partial charge in [0.25, 0.3) is 11.6 Å². The Kier molecular flexibility index (Phi) is 4.30. The average Bonchev–Trinajstić information content (AvgIpc) is 3.08. The number of benzene rings is 1. The SMILES string of the molecule is C[C@@H](NC(=O)c1cc2cc([N+](=O)[O-])ccc2oc1=O)[C@@H]1CCCO1. The summed E-state index contributed by atoms with van der Waals surface area (Å²) < 4.78 is 10.6. The van der Waals surface area contributed by atoms with Gasteiger partial charge in [0.15, 0.2) is 0 Å². The van der Waals surface area contributed by atoms with Crippen LogP contribution < -0.4 is 10.9 Å². The van der Waals surface area contributed by atoms with E-state index in [4.69, 9.17) is 9.15 Å². The summed E-state index contributed by atoms with van der Waals surface area (Å²) in [7, 11) is 0. The molecule has 1 aliphatic rings. The van der Waals surface area contributed by atoms with E-state index in [1.54, 1.807) is 6.92 Å². The predicted octanol–water partition coefficient (Wildman–Crippen LogP) is 2.00. The molecule has 2 heterocycles. The summed E-state index contributed by atoms with van der Waals surface area (Å²) in [5, 5.41) is 13.9. The number of ether oxygens (including phenoxy) is 1. The molecule has 1 aromatic carbocycles. The third kappa shape index (κ3) is 3.13. The van der Waals surface area contributed by atoms with Gasteiger partial charge in [-0.15, -0.1) is 0 Å². The van der Waals surface area contributed by atoms with Crippen LogP contribution in [0.3, 0.4) is 0 Å². The van der Waals surface area contributed by atoms with Crippen LogP contribution in [0.1, 0.15) is 30.1 Å². The number of non-ortho nitro benzene ring substituents is 1. The summed E-state index contributed by atoms with van der Waals surface area (Å²) in [4.78, 5) is 34.6. The quantitative estimate of drug-likeness (QED) is 0.520. The van der Waals surface area contributed by atoms with Crippen LogP contribution in [0, 0.1) is 10.1 Å². The zero-order chi connectivity index (χ0) is 17.3. The highest BCUT2D eigenvalue weighted by Crippen LogP contribution is 2.21. The van der Waals surface area contributed by atoms with Gasteiger partial charge in [0.2, 0.25) is 0 Å². The minimum Gasteiger partial charge on any atom is -0.422 e. The van der Waals surface area contributed by atoms with Gasteiger partial charge in [0.1, 0.15) is 11.1 Å². The first kappa shape index (κ1) is 16.1. The van der Waals surface area contributed by atoms with E-state index in [0.29, 0.717) is 12.0 Å². The molecule has 3 rings (SSSR count). The molecule has 1 amide bonds. The zero-order valence-corrected chi connectivity index (χ0v) is 13.0. The van der Waals surface area contributed by atoms with Gasteiger partial charge in [-0.3, -0.25) is 14.9 Å². The number of hydrogen-bond donors (Lipinski definition) is 1. The van der Waals surface area contributed by atoms with Gasteiger partial charge in [-0.2, -0.15) is 0 Å². The Bertz CT molecular complexity index is 853. The molecule has 8 heteroatoms. The Balaban J connectivity index is 1.89. The van der Waals surface area contributed by atoms with Crippen molar-refractivity contribution in [2.75, 3.05) is 6.61 Å². The smallest absolute Gasteiger partial charge is 0.349 e. The molecule has 126 valence electrons. The molecule has 0 bridgehead atoms. The van der Waals surface area contributed by atoms with Gasteiger partial charge in [-0.05, 0) is 31.9 Å². The fraction of sp³-hybridized carbons (Fsp3) is 0.375. The molecule has 0 unspecified atom stereocenters. The lowest BCUT2D eigenvalue weighted by Crippen LogP contribution is -2.42. The second-order valence-corrected chi connectivity index (χ2v) is 5.74. The maximum absolute atomic E-state index is 12.3. The first-order valence-corrected chi connectivity index (χ1v) is 7.60. The van der Waals surface area contributed by atoms with Crippen molar-refractivity contribution in [1.29, 1.82) is 0 Å². The van der Waals surface area contributed by atoms with Crippen molar-refractivity contribution in [3.63, 3.8) is 0 Å². The molecule has 0 saturated carbocycles. The fourth-order valence-electron chi connectivity index (χ4n) is 2.76. The number of amides is 1. The Hall–Kier alpha value is -2.74. The van der Waals surface area contributed by atoms with Gasteiger partial charge in [-0.25, -0.2) is 4.79 Å². The van der Waals surface area contributed by atoms with Crippen molar-refractivity contribution in [1.82, 2.24) is 5.32 Å². The van der Waals surface area contributed by atoms with Gasteiger partial charge >= 0.3 is 5.63 Å². The normalized spacial score (nSPS) is 18.5. The molecule has 0 spiro atoms. The maximum Gasteiger partial charge on any atom is 0.349 e. The minimum absolute atomic E-state index is 0.0810. The van der Waals surface area contributed by atoms with E-state index >= 15 is 0 Å². The summed E-state index contributed by atoms with van der Waals surface area (Å²) in [5.41, 5.74) is -0.925. The molecular weight excluding hydrogens is 316 g/mol. The molecule has 1 fully saturated rings. The highest BCUT2D eigenvalue weighted by atomic mass is 16.6. The van der Waals surface area contributed by atoms with Crippen LogP contribution in [-0.4, -0.2) is 29.6 Å². The van der Waals surface area contributed by atoms with Gasteiger partial charge in [-0.1, -0.05) is 0 Å². The van der Waals surface area contributed by atoms with Crippen LogP contribution in [0.5, 0.6) is 0 Å². The molecule has 1 N–H and O–H groups in total. The van der Waals surface area contributed by atoms with E-state index in [1.165, 1.54) is 24.3 Å². The lowest BCUT2D eigenvalue weighted by atomic mass is 10.1. The third-order valence-corrected chi connectivity index (χ3v) is 4.05. The first-order valence-electron chi connectivity index (χ1n) is 7.60. The molecule has 24 heavy (non-hydrogen) atoms. The largest absolute Gasteiger partial charge is 0.422 e. The number of nitrogens with zero attached hydrogens (tertiary/aromatic N) is 1. The number of nitrogens with one attached hydrogen (secondary N) is 1. The third-order valence-electron chi connectivity index (χ3n) is 4.05. The van der Waals surface area contributed by atoms with Gasteiger partial charge in [0, 0.05) is 24.1 Å². The van der Waals surface area contributed by atoms with Crippen molar-refractivity contribution in [3.8, 4) is 0 Å². The molecule has 0 aliphatic carbocycles. The van der Waals surface area contributed by atoms with E-state index in [2.05, 4.69) is 5.32 Å². The van der Waals surface area contributed by atoms with Crippen LogP contribution in [0.2, 0.25) is 0 Å². The Morgan fingerprint density at radius 3 is 2.88 bits per heavy atom. The van der Waals surface area contributed by atoms with Crippen molar-refractivity contribution in [2.24, 2.45) is 0 Å². The van der Waals surface area contributed by atoms with Crippen molar-refractivity contribution in [3.05, 3.63) is 50.4 Å². The van der Waals surface area contributed by atoms with E-state index in [-0.39, 0.29) is 29.0 Å². The van der Waals surface area contributed by atoms with E-state index < -0.39 is 16.5 Å². The van der Waals surface area contributed by atoms with E-state index in [9.17, 15) is 19.7 Å². The minimum atomic E-state index is -0.784. The van der Waals surface area contributed by atoms with Crippen LogP contribution >= 0.6 is 0 Å². The molecule has 1 aliphatic heterocycles. The zero-order valence-electron chi connectivity index (χ0n) is 13.0. The predicted molar refractivity (Wildman–Crippen MR) is 85.0 cm³/mol. The summed E-state index contributed by atoms with van der Waals surface area (Å²) in [6, 6.07) is 4.90. The highest BCUT2D eigenvalue weighted by molar-refractivity contribution is 5.97. The van der Waals surface area contributed by atoms with Crippen molar-refractivity contribution < 1.29 is 18.9 Å². The van der Waals surface area contributed by atoms with Crippen LogP contribution in [0.15, 0.2) is 33.5 Å². The van der Waals surface area contributed by atoms with E-state index in [0.717, 1.165) is 12.8 Å². The van der Waals surface area contributed by atoms with Crippen molar-refractivity contribution >= 4 is 22.6 Å². The van der Waals surface area contributed by atoms with Crippen LogP contribution in [0.25, 0.3) is 11.0 Å². The van der Waals surface area contributed by atoms with Crippen molar-refractivity contribution in [2.45, 2.75) is 31.9 Å². The summed E-state index contributed by atoms with van der Waals surface area (Å²) in [6.45, 7) is 2.47. The lowest BCUT2D eigenvalue weighted by molar-refractivity contribution is -0.384. The summed E-state index contributed by atoms with van der Waals surface area (Å²) in [5.74, 6) is -0.583. The second-order valence-electron chi connectivity index (χ2n) is 5.74. The number of carbonyl (C=O) groups is 1. The molecule has 1 saturated heterocycles. The number of nitro benzene ring substituents is 1. The van der Waals surface area contributed by atoms with Crippen LogP contribution in [0.4, 0.5) is 5.69 Å². The molecule has 8 nitrogen and oxygen atoms in total. The lowest BCUT2D eigenvalue weighted by Gasteiger charge is -2.19. The fourth-order valence-corrected chi connectivity index (χ4v) is 2.76. The maximum atomic E-state index is 12.3. The standard InChI is InChI=1S/C16H16N2O6/c1-9(13-3-2-6-23-13)17-15(19)12-8-10-7-11(18(21)22)4-5-14(10)24-16(12)20/h4-5,7-9,13H,2-3,6H2,1H3,(H,17,19)/t9-,13+/m1/s1. The number of fused-ring (bicyclic) bond motifs is 1.